The zero-order chi connectivity index (χ0) is 24.8. The molecule has 4 rings (SSSR count). The van der Waals surface area contributed by atoms with Gasteiger partial charge in [-0.2, -0.15) is 0 Å². The van der Waals surface area contributed by atoms with E-state index in [1.807, 2.05) is 54.6 Å². The highest BCUT2D eigenvalue weighted by Crippen LogP contribution is 2.41. The summed E-state index contributed by atoms with van der Waals surface area (Å²) >= 11 is 0. The lowest BCUT2D eigenvalue weighted by Gasteiger charge is -2.26. The maximum Gasteiger partial charge on any atom is 0.295 e. The summed E-state index contributed by atoms with van der Waals surface area (Å²) in [7, 11) is 1.56. The third kappa shape index (κ3) is 5.22. The Bertz CT molecular complexity index is 1220. The first-order valence-corrected chi connectivity index (χ1v) is 11.7. The number of rotatable bonds is 9. The molecule has 1 saturated heterocycles. The molecule has 1 atom stereocenters. The minimum Gasteiger partial charge on any atom is -0.507 e. The number of carbonyl (C=O) groups excluding carboxylic acids is 2. The number of likely N-dealkylation sites (tertiary alicyclic amines) is 1. The van der Waals surface area contributed by atoms with E-state index in [0.29, 0.717) is 29.2 Å². The van der Waals surface area contributed by atoms with Crippen LogP contribution in [0.3, 0.4) is 0 Å². The van der Waals surface area contributed by atoms with E-state index in [4.69, 9.17) is 9.47 Å². The smallest absolute Gasteiger partial charge is 0.295 e. The number of ether oxygens (including phenoxy) is 2. The molecule has 0 radical (unpaired) electrons. The Labute approximate surface area is 205 Å². The molecule has 1 heterocycles. The van der Waals surface area contributed by atoms with Gasteiger partial charge in [0.1, 0.15) is 17.3 Å². The van der Waals surface area contributed by atoms with Gasteiger partial charge < -0.3 is 19.5 Å². The number of hydrogen-bond donors (Lipinski definition) is 1. The number of nitrogens with zero attached hydrogens (tertiary/aromatic N) is 1. The van der Waals surface area contributed by atoms with E-state index in [9.17, 15) is 14.7 Å². The number of unbranched alkanes of at least 4 members (excludes halogenated alkanes) is 1. The van der Waals surface area contributed by atoms with Crippen LogP contribution in [0.15, 0.2) is 84.4 Å². The molecular formula is C29H29NO5. The predicted octanol–water partition coefficient (Wildman–Crippen LogP) is 5.50. The van der Waals surface area contributed by atoms with E-state index in [0.717, 1.165) is 18.4 Å². The first-order chi connectivity index (χ1) is 17.0. The molecule has 6 nitrogen and oxygen atoms in total. The molecule has 35 heavy (non-hydrogen) atoms. The van der Waals surface area contributed by atoms with E-state index in [2.05, 4.69) is 6.92 Å². The minimum atomic E-state index is -0.757. The average Bonchev–Trinajstić information content (AvgIpc) is 3.14. The molecule has 1 amide bonds. The van der Waals surface area contributed by atoms with E-state index in [1.54, 1.807) is 31.4 Å². The molecule has 180 valence electrons. The van der Waals surface area contributed by atoms with Crippen LogP contribution in [0.2, 0.25) is 0 Å². The molecule has 1 aliphatic rings. The number of amides is 1. The highest BCUT2D eigenvalue weighted by Gasteiger charge is 2.46. The zero-order valence-corrected chi connectivity index (χ0v) is 19.9. The number of benzene rings is 3. The minimum absolute atomic E-state index is 0.0572. The lowest BCUT2D eigenvalue weighted by molar-refractivity contribution is -0.140. The van der Waals surface area contributed by atoms with Crippen molar-refractivity contribution >= 4 is 17.4 Å². The van der Waals surface area contributed by atoms with Crippen LogP contribution in [0.5, 0.6) is 11.5 Å². The van der Waals surface area contributed by atoms with Gasteiger partial charge in [-0.15, -0.1) is 0 Å². The first-order valence-electron chi connectivity index (χ1n) is 11.7. The van der Waals surface area contributed by atoms with E-state index in [-0.39, 0.29) is 17.9 Å². The van der Waals surface area contributed by atoms with Crippen molar-refractivity contribution in [1.82, 2.24) is 4.90 Å². The molecular weight excluding hydrogens is 442 g/mol. The van der Waals surface area contributed by atoms with Gasteiger partial charge in [0.05, 0.1) is 25.3 Å². The Hall–Kier alpha value is -4.06. The monoisotopic (exact) mass is 471 g/mol. The third-order valence-electron chi connectivity index (χ3n) is 6.04. The molecule has 1 aliphatic heterocycles. The van der Waals surface area contributed by atoms with Crippen LogP contribution in [0, 0.1) is 0 Å². The van der Waals surface area contributed by atoms with E-state index < -0.39 is 17.7 Å². The molecule has 0 bridgehead atoms. The molecule has 0 spiro atoms. The number of carbonyl (C=O) groups is 2. The second-order valence-electron chi connectivity index (χ2n) is 8.42. The molecule has 1 fully saturated rings. The van der Waals surface area contributed by atoms with Crippen molar-refractivity contribution < 1.29 is 24.2 Å². The molecule has 0 aliphatic carbocycles. The number of ketones is 1. The molecule has 1 N–H and O–H groups in total. The van der Waals surface area contributed by atoms with Gasteiger partial charge in [-0.3, -0.25) is 9.59 Å². The summed E-state index contributed by atoms with van der Waals surface area (Å²) in [5.74, 6) is -0.295. The molecule has 1 unspecified atom stereocenters. The quantitative estimate of drug-likeness (QED) is 0.193. The van der Waals surface area contributed by atoms with Gasteiger partial charge >= 0.3 is 0 Å². The fraction of sp³-hybridized carbons (Fsp3) is 0.241. The van der Waals surface area contributed by atoms with Crippen LogP contribution in [0.25, 0.3) is 5.76 Å². The summed E-state index contributed by atoms with van der Waals surface area (Å²) in [6.45, 7) is 2.91. The third-order valence-corrected chi connectivity index (χ3v) is 6.04. The summed E-state index contributed by atoms with van der Waals surface area (Å²) < 4.78 is 11.1. The number of methoxy groups -OCH3 is 1. The number of aliphatic hydroxyl groups is 1. The predicted molar refractivity (Wildman–Crippen MR) is 134 cm³/mol. The Morgan fingerprint density at radius 1 is 0.943 bits per heavy atom. The number of aliphatic hydroxyl groups excluding tert-OH is 1. The lowest BCUT2D eigenvalue weighted by Crippen LogP contribution is -2.29. The molecule has 0 saturated carbocycles. The van der Waals surface area contributed by atoms with Crippen LogP contribution in [-0.2, 0) is 16.1 Å². The van der Waals surface area contributed by atoms with Crippen molar-refractivity contribution in [3.8, 4) is 11.5 Å². The fourth-order valence-electron chi connectivity index (χ4n) is 4.18. The van der Waals surface area contributed by atoms with E-state index >= 15 is 0 Å². The Morgan fingerprint density at radius 3 is 2.37 bits per heavy atom. The van der Waals surface area contributed by atoms with Crippen LogP contribution in [-0.4, -0.2) is 35.4 Å². The SMILES string of the molecule is CCCCOc1cccc(C2/C(=C(\O)c3ccc(OC)cc3)C(=O)C(=O)N2Cc2ccccc2)c1. The van der Waals surface area contributed by atoms with Crippen molar-refractivity contribution in [2.24, 2.45) is 0 Å². The normalized spacial score (nSPS) is 17.0. The topological polar surface area (TPSA) is 76.1 Å². The second kappa shape index (κ2) is 10.9. The van der Waals surface area contributed by atoms with Crippen LogP contribution in [0.1, 0.15) is 42.5 Å². The maximum atomic E-state index is 13.3. The van der Waals surface area contributed by atoms with Gasteiger partial charge in [-0.1, -0.05) is 55.8 Å². The molecule has 3 aromatic rings. The van der Waals surface area contributed by atoms with Crippen molar-refractivity contribution in [2.75, 3.05) is 13.7 Å². The van der Waals surface area contributed by atoms with Gasteiger partial charge in [0.15, 0.2) is 0 Å². The van der Waals surface area contributed by atoms with Gasteiger partial charge in [-0.05, 0) is 53.9 Å². The van der Waals surface area contributed by atoms with Crippen LogP contribution < -0.4 is 9.47 Å². The standard InChI is InChI=1S/C29H29NO5/c1-3-4-17-35-24-12-8-11-22(18-24)26-25(27(31)21-13-15-23(34-2)16-14-21)28(32)29(33)30(26)19-20-9-6-5-7-10-20/h5-16,18,26,31H,3-4,17,19H2,1-2H3/b27-25+. The Balaban J connectivity index is 1.80. The van der Waals surface area contributed by atoms with Crippen molar-refractivity contribution in [2.45, 2.75) is 32.4 Å². The fourth-order valence-corrected chi connectivity index (χ4v) is 4.18. The van der Waals surface area contributed by atoms with E-state index in [1.165, 1.54) is 4.90 Å². The zero-order valence-electron chi connectivity index (χ0n) is 19.9. The summed E-state index contributed by atoms with van der Waals surface area (Å²) in [5.41, 5.74) is 2.08. The average molecular weight is 472 g/mol. The second-order valence-corrected chi connectivity index (χ2v) is 8.42. The van der Waals surface area contributed by atoms with Crippen molar-refractivity contribution in [1.29, 1.82) is 0 Å². The van der Waals surface area contributed by atoms with Crippen LogP contribution >= 0.6 is 0 Å². The summed E-state index contributed by atoms with van der Waals surface area (Å²) in [5, 5.41) is 11.2. The summed E-state index contributed by atoms with van der Waals surface area (Å²) in [4.78, 5) is 28.0. The molecule has 3 aromatic carbocycles. The largest absolute Gasteiger partial charge is 0.507 e. The molecule has 0 aromatic heterocycles. The van der Waals surface area contributed by atoms with Gasteiger partial charge in [0.2, 0.25) is 0 Å². The summed E-state index contributed by atoms with van der Waals surface area (Å²) in [6, 6.07) is 22.9. The van der Waals surface area contributed by atoms with Gasteiger partial charge in [0.25, 0.3) is 11.7 Å². The maximum absolute atomic E-state index is 13.3. The lowest BCUT2D eigenvalue weighted by atomic mass is 9.95. The summed E-state index contributed by atoms with van der Waals surface area (Å²) in [6.07, 6.45) is 1.94. The van der Waals surface area contributed by atoms with Crippen LogP contribution in [0.4, 0.5) is 0 Å². The number of Topliss-reactive ketones (excluding diaryl/α,β-unsaturated/α-hetero) is 1. The van der Waals surface area contributed by atoms with Crippen molar-refractivity contribution in [3.05, 3.63) is 101 Å². The highest BCUT2D eigenvalue weighted by molar-refractivity contribution is 6.46. The Kier molecular flexibility index (Phi) is 7.51. The van der Waals surface area contributed by atoms with Gasteiger partial charge in [0, 0.05) is 12.1 Å². The van der Waals surface area contributed by atoms with Crippen molar-refractivity contribution in [3.63, 3.8) is 0 Å². The van der Waals surface area contributed by atoms with Gasteiger partial charge in [-0.25, -0.2) is 0 Å². The number of hydrogen-bond acceptors (Lipinski definition) is 5. The Morgan fingerprint density at radius 2 is 1.69 bits per heavy atom. The molecule has 6 heteroatoms. The highest BCUT2D eigenvalue weighted by atomic mass is 16.5. The first kappa shape index (κ1) is 24.1.